The highest BCUT2D eigenvalue weighted by Crippen LogP contribution is 2.26. The Hall–Kier alpha value is -1.85. The van der Waals surface area contributed by atoms with E-state index in [2.05, 4.69) is 29.1 Å². The number of carbonyl (C=O) groups is 1. The lowest BCUT2D eigenvalue weighted by atomic mass is 10.2. The lowest BCUT2D eigenvalue weighted by Crippen LogP contribution is -2.32. The molecule has 0 atom stereocenters. The van der Waals surface area contributed by atoms with Gasteiger partial charge in [0.15, 0.2) is 0 Å². The van der Waals surface area contributed by atoms with Crippen molar-refractivity contribution >= 4 is 40.7 Å². The fourth-order valence-corrected chi connectivity index (χ4v) is 2.54. The summed E-state index contributed by atoms with van der Waals surface area (Å²) in [4.78, 5) is 22.7. The summed E-state index contributed by atoms with van der Waals surface area (Å²) in [5.74, 6) is 0.349. The average molecular weight is 367 g/mol. The molecule has 1 heterocycles. The SMILES string of the molecule is CCCN(CCC)C(=O)c1cnc(Nc2ccc(Cl)c(Cl)c2)nc1. The molecule has 1 aromatic carbocycles. The number of amides is 1. The summed E-state index contributed by atoms with van der Waals surface area (Å²) in [6, 6.07) is 5.16. The van der Waals surface area contributed by atoms with E-state index in [1.165, 1.54) is 12.4 Å². The van der Waals surface area contributed by atoms with Crippen molar-refractivity contribution in [1.29, 1.82) is 0 Å². The van der Waals surface area contributed by atoms with E-state index in [9.17, 15) is 4.79 Å². The maximum Gasteiger partial charge on any atom is 0.256 e. The van der Waals surface area contributed by atoms with Crippen LogP contribution in [0.4, 0.5) is 11.6 Å². The van der Waals surface area contributed by atoms with Gasteiger partial charge in [-0.05, 0) is 31.0 Å². The molecule has 0 spiro atoms. The van der Waals surface area contributed by atoms with Crippen LogP contribution in [0.25, 0.3) is 0 Å². The summed E-state index contributed by atoms with van der Waals surface area (Å²) in [7, 11) is 0. The highest BCUT2D eigenvalue weighted by molar-refractivity contribution is 6.42. The van der Waals surface area contributed by atoms with Crippen LogP contribution in [0.15, 0.2) is 30.6 Å². The smallest absolute Gasteiger partial charge is 0.256 e. The Labute approximate surface area is 152 Å². The van der Waals surface area contributed by atoms with Gasteiger partial charge in [0.2, 0.25) is 5.95 Å². The third kappa shape index (κ3) is 4.82. The molecule has 7 heteroatoms. The molecule has 0 bridgehead atoms. The molecule has 1 amide bonds. The molecule has 2 aromatic rings. The molecular weight excluding hydrogens is 347 g/mol. The lowest BCUT2D eigenvalue weighted by Gasteiger charge is -2.21. The molecule has 0 aliphatic carbocycles. The number of nitrogens with zero attached hydrogens (tertiary/aromatic N) is 3. The third-order valence-corrected chi connectivity index (χ3v) is 4.09. The van der Waals surface area contributed by atoms with Gasteiger partial charge in [0.1, 0.15) is 0 Å². The van der Waals surface area contributed by atoms with Crippen LogP contribution in [0.5, 0.6) is 0 Å². The number of benzene rings is 1. The predicted molar refractivity (Wildman–Crippen MR) is 98.3 cm³/mol. The molecule has 0 unspecified atom stereocenters. The molecule has 0 fully saturated rings. The minimum Gasteiger partial charge on any atom is -0.339 e. The Morgan fingerprint density at radius 1 is 1.08 bits per heavy atom. The standard InChI is InChI=1S/C17H20Cl2N4O/c1-3-7-23(8-4-2)16(24)12-10-20-17(21-11-12)22-13-5-6-14(18)15(19)9-13/h5-6,9-11H,3-4,7-8H2,1-2H3,(H,20,21,22). The Morgan fingerprint density at radius 2 is 1.71 bits per heavy atom. The topological polar surface area (TPSA) is 58.1 Å². The first-order chi connectivity index (χ1) is 11.5. The second-order valence-corrected chi connectivity index (χ2v) is 6.16. The summed E-state index contributed by atoms with van der Waals surface area (Å²) in [5.41, 5.74) is 1.21. The molecule has 0 aliphatic rings. The quantitative estimate of drug-likeness (QED) is 0.765. The number of rotatable bonds is 7. The first kappa shape index (κ1) is 18.5. The summed E-state index contributed by atoms with van der Waals surface area (Å²) < 4.78 is 0. The Morgan fingerprint density at radius 3 is 2.25 bits per heavy atom. The van der Waals surface area contributed by atoms with Crippen LogP contribution < -0.4 is 5.32 Å². The van der Waals surface area contributed by atoms with E-state index >= 15 is 0 Å². The van der Waals surface area contributed by atoms with E-state index in [0.717, 1.165) is 31.6 Å². The summed E-state index contributed by atoms with van der Waals surface area (Å²) >= 11 is 11.9. The van der Waals surface area contributed by atoms with Gasteiger partial charge in [0.25, 0.3) is 5.91 Å². The number of nitrogens with one attached hydrogen (secondary N) is 1. The van der Waals surface area contributed by atoms with Crippen molar-refractivity contribution in [2.45, 2.75) is 26.7 Å². The van der Waals surface area contributed by atoms with Crippen molar-refractivity contribution < 1.29 is 4.79 Å². The van der Waals surface area contributed by atoms with Crippen molar-refractivity contribution in [2.24, 2.45) is 0 Å². The number of halogens is 2. The minimum atomic E-state index is -0.0419. The van der Waals surface area contributed by atoms with Gasteiger partial charge in [-0.3, -0.25) is 4.79 Å². The minimum absolute atomic E-state index is 0.0419. The summed E-state index contributed by atoms with van der Waals surface area (Å²) in [6.45, 7) is 5.57. The van der Waals surface area contributed by atoms with Gasteiger partial charge >= 0.3 is 0 Å². The molecule has 1 aromatic heterocycles. The zero-order chi connectivity index (χ0) is 17.5. The van der Waals surface area contributed by atoms with E-state index in [0.29, 0.717) is 21.6 Å². The largest absolute Gasteiger partial charge is 0.339 e. The number of aromatic nitrogens is 2. The van der Waals surface area contributed by atoms with Gasteiger partial charge in [-0.15, -0.1) is 0 Å². The van der Waals surface area contributed by atoms with E-state index in [1.54, 1.807) is 18.2 Å². The van der Waals surface area contributed by atoms with Crippen LogP contribution in [0.2, 0.25) is 10.0 Å². The second kappa shape index (κ2) is 8.85. The van der Waals surface area contributed by atoms with Crippen molar-refractivity contribution in [2.75, 3.05) is 18.4 Å². The molecule has 0 radical (unpaired) electrons. The maximum absolute atomic E-state index is 12.5. The molecule has 128 valence electrons. The molecule has 0 saturated carbocycles. The monoisotopic (exact) mass is 366 g/mol. The van der Waals surface area contributed by atoms with Gasteiger partial charge in [0, 0.05) is 31.2 Å². The van der Waals surface area contributed by atoms with Crippen LogP contribution in [0.1, 0.15) is 37.0 Å². The highest BCUT2D eigenvalue weighted by Gasteiger charge is 2.15. The molecule has 0 aliphatic heterocycles. The second-order valence-electron chi connectivity index (χ2n) is 5.34. The first-order valence-corrected chi connectivity index (χ1v) is 8.64. The van der Waals surface area contributed by atoms with E-state index in [4.69, 9.17) is 23.2 Å². The third-order valence-electron chi connectivity index (χ3n) is 3.35. The van der Waals surface area contributed by atoms with Crippen LogP contribution in [-0.4, -0.2) is 33.9 Å². The predicted octanol–water partition coefficient (Wildman–Crippen LogP) is 4.79. The molecule has 2 rings (SSSR count). The van der Waals surface area contributed by atoms with Crippen molar-refractivity contribution in [3.8, 4) is 0 Å². The summed E-state index contributed by atoms with van der Waals surface area (Å²) in [6.07, 6.45) is 4.91. The van der Waals surface area contributed by atoms with Crippen LogP contribution in [0, 0.1) is 0 Å². The lowest BCUT2D eigenvalue weighted by molar-refractivity contribution is 0.0755. The fourth-order valence-electron chi connectivity index (χ4n) is 2.24. The normalized spacial score (nSPS) is 10.5. The molecule has 0 saturated heterocycles. The maximum atomic E-state index is 12.5. The van der Waals surface area contributed by atoms with E-state index in [1.807, 2.05) is 4.90 Å². The number of hydrogen-bond donors (Lipinski definition) is 1. The van der Waals surface area contributed by atoms with Gasteiger partial charge in [-0.25, -0.2) is 9.97 Å². The molecule has 24 heavy (non-hydrogen) atoms. The summed E-state index contributed by atoms with van der Waals surface area (Å²) in [5, 5.41) is 3.96. The Balaban J connectivity index is 2.09. The number of hydrogen-bond acceptors (Lipinski definition) is 4. The van der Waals surface area contributed by atoms with Crippen LogP contribution in [0.3, 0.4) is 0 Å². The Bertz CT molecular complexity index is 685. The molecule has 1 N–H and O–H groups in total. The van der Waals surface area contributed by atoms with Crippen molar-refractivity contribution in [3.63, 3.8) is 0 Å². The van der Waals surface area contributed by atoms with Gasteiger partial charge in [0.05, 0.1) is 15.6 Å². The van der Waals surface area contributed by atoms with Crippen LogP contribution >= 0.6 is 23.2 Å². The van der Waals surface area contributed by atoms with Crippen LogP contribution in [-0.2, 0) is 0 Å². The highest BCUT2D eigenvalue weighted by atomic mass is 35.5. The van der Waals surface area contributed by atoms with Gasteiger partial charge in [-0.1, -0.05) is 37.0 Å². The Kier molecular flexibility index (Phi) is 6.82. The molecular formula is C17H20Cl2N4O. The van der Waals surface area contributed by atoms with Gasteiger partial charge in [-0.2, -0.15) is 0 Å². The van der Waals surface area contributed by atoms with E-state index < -0.39 is 0 Å². The van der Waals surface area contributed by atoms with Gasteiger partial charge < -0.3 is 10.2 Å². The van der Waals surface area contributed by atoms with Crippen molar-refractivity contribution in [3.05, 3.63) is 46.2 Å². The fraction of sp³-hybridized carbons (Fsp3) is 0.353. The zero-order valence-corrected chi connectivity index (χ0v) is 15.2. The average Bonchev–Trinajstić information content (AvgIpc) is 2.58. The number of anilines is 2. The van der Waals surface area contributed by atoms with Crippen molar-refractivity contribution in [1.82, 2.24) is 14.9 Å². The molecule has 5 nitrogen and oxygen atoms in total. The van der Waals surface area contributed by atoms with E-state index in [-0.39, 0.29) is 5.91 Å². The number of carbonyl (C=O) groups excluding carboxylic acids is 1. The zero-order valence-electron chi connectivity index (χ0n) is 13.7. The first-order valence-electron chi connectivity index (χ1n) is 7.88.